The molecule has 0 radical (unpaired) electrons. The minimum Gasteiger partial charge on any atom is -0.465 e. The lowest BCUT2D eigenvalue weighted by molar-refractivity contribution is -0.192. The largest absolute Gasteiger partial charge is 0.471 e. The van der Waals surface area contributed by atoms with Gasteiger partial charge in [0.25, 0.3) is 0 Å². The third kappa shape index (κ3) is 3.69. The van der Waals surface area contributed by atoms with Crippen LogP contribution in [0, 0.1) is 5.92 Å². The average Bonchev–Trinajstić information content (AvgIpc) is 2.69. The van der Waals surface area contributed by atoms with E-state index in [0.29, 0.717) is 11.3 Å². The first-order valence-corrected chi connectivity index (χ1v) is 7.47. The predicted molar refractivity (Wildman–Crippen MR) is 72.6 cm³/mol. The fourth-order valence-electron chi connectivity index (χ4n) is 3.90. The zero-order valence-electron chi connectivity index (χ0n) is 12.9. The molecular formula is C14H20F4N2O3. The first kappa shape index (κ1) is 17.8. The maximum Gasteiger partial charge on any atom is 0.471 e. The number of fused-ring (bicyclic) bond motifs is 2. The number of piperidine rings is 1. The van der Waals surface area contributed by atoms with Crippen LogP contribution in [0.4, 0.5) is 22.4 Å². The van der Waals surface area contributed by atoms with Crippen LogP contribution in [0.25, 0.3) is 0 Å². The summed E-state index contributed by atoms with van der Waals surface area (Å²) in [6.07, 6.45) is -7.00. The fourth-order valence-corrected chi connectivity index (χ4v) is 3.90. The molecule has 2 bridgehead atoms. The Kier molecular flexibility index (Phi) is 4.51. The second-order valence-corrected chi connectivity index (χ2v) is 6.97. The molecule has 2 heterocycles. The van der Waals surface area contributed by atoms with Crippen molar-refractivity contribution in [3.63, 3.8) is 0 Å². The number of carbonyl (C=O) groups is 2. The Morgan fingerprint density at radius 3 is 2.39 bits per heavy atom. The van der Waals surface area contributed by atoms with E-state index in [9.17, 15) is 27.2 Å². The highest BCUT2D eigenvalue weighted by Gasteiger charge is 2.56. The van der Waals surface area contributed by atoms with E-state index in [1.165, 1.54) is 0 Å². The number of nitrogens with zero attached hydrogens (tertiary/aromatic N) is 1. The van der Waals surface area contributed by atoms with Crippen LogP contribution in [0.5, 0.6) is 0 Å². The minimum absolute atomic E-state index is 0.115. The van der Waals surface area contributed by atoms with E-state index in [2.05, 4.69) is 5.32 Å². The fraction of sp³-hybridized carbons (Fsp3) is 0.857. The summed E-state index contributed by atoms with van der Waals surface area (Å²) in [6.45, 7) is 3.20. The van der Waals surface area contributed by atoms with E-state index in [0.717, 1.165) is 0 Å². The first-order valence-electron chi connectivity index (χ1n) is 7.47. The third-order valence-electron chi connectivity index (χ3n) is 4.63. The number of hydrogen-bond acceptors (Lipinski definition) is 2. The van der Waals surface area contributed by atoms with Crippen molar-refractivity contribution in [3.8, 4) is 0 Å². The summed E-state index contributed by atoms with van der Waals surface area (Å²) in [5, 5.41) is 11.1. The van der Waals surface area contributed by atoms with Gasteiger partial charge < -0.3 is 15.3 Å². The van der Waals surface area contributed by atoms with Gasteiger partial charge >= 0.3 is 18.2 Å². The van der Waals surface area contributed by atoms with Crippen LogP contribution in [0.2, 0.25) is 0 Å². The highest BCUT2D eigenvalue weighted by Crippen LogP contribution is 2.44. The number of nitrogens with one attached hydrogen (secondary N) is 1. The smallest absolute Gasteiger partial charge is 0.465 e. The van der Waals surface area contributed by atoms with Gasteiger partial charge in [0.05, 0.1) is 6.04 Å². The molecule has 23 heavy (non-hydrogen) atoms. The van der Waals surface area contributed by atoms with Gasteiger partial charge in [-0.25, -0.2) is 9.18 Å². The number of amides is 2. The summed E-state index contributed by atoms with van der Waals surface area (Å²) in [4.78, 5) is 22.9. The number of rotatable bonds is 3. The molecule has 2 N–H and O–H groups in total. The molecule has 9 heteroatoms. The van der Waals surface area contributed by atoms with Crippen molar-refractivity contribution in [1.82, 2.24) is 10.2 Å². The Morgan fingerprint density at radius 2 is 1.87 bits per heavy atom. The van der Waals surface area contributed by atoms with Gasteiger partial charge in [0.15, 0.2) is 0 Å². The van der Waals surface area contributed by atoms with Gasteiger partial charge in [-0.1, -0.05) is 0 Å². The van der Waals surface area contributed by atoms with E-state index in [1.807, 2.05) is 0 Å². The zero-order chi connectivity index (χ0) is 17.6. The Balaban J connectivity index is 2.11. The minimum atomic E-state index is -5.00. The lowest BCUT2D eigenvalue weighted by Gasteiger charge is -2.43. The molecule has 2 saturated heterocycles. The van der Waals surface area contributed by atoms with Crippen LogP contribution in [-0.4, -0.2) is 52.0 Å². The summed E-state index contributed by atoms with van der Waals surface area (Å²) in [7, 11) is 0. The second-order valence-electron chi connectivity index (χ2n) is 6.97. The van der Waals surface area contributed by atoms with Crippen LogP contribution in [0.15, 0.2) is 0 Å². The summed E-state index contributed by atoms with van der Waals surface area (Å²) in [5.41, 5.74) is -0.892. The molecular weight excluding hydrogens is 320 g/mol. The van der Waals surface area contributed by atoms with Crippen LogP contribution < -0.4 is 5.32 Å². The van der Waals surface area contributed by atoms with E-state index >= 15 is 0 Å². The Bertz CT molecular complexity index is 495. The summed E-state index contributed by atoms with van der Waals surface area (Å²) >= 11 is 0. The first-order chi connectivity index (χ1) is 10.4. The summed E-state index contributed by atoms with van der Waals surface area (Å²) < 4.78 is 52.6. The Hall–Kier alpha value is -1.54. The van der Waals surface area contributed by atoms with Crippen molar-refractivity contribution < 1.29 is 32.3 Å². The maximum atomic E-state index is 14.7. The quantitative estimate of drug-likeness (QED) is 0.776. The normalized spacial score (nSPS) is 31.1. The number of carbonyl (C=O) groups excluding carboxylic acids is 1. The van der Waals surface area contributed by atoms with E-state index in [1.54, 1.807) is 13.8 Å². The highest BCUT2D eigenvalue weighted by atomic mass is 19.4. The monoisotopic (exact) mass is 340 g/mol. The molecule has 0 aliphatic carbocycles. The molecule has 2 aliphatic heterocycles. The molecule has 5 nitrogen and oxygen atoms in total. The highest BCUT2D eigenvalue weighted by molar-refractivity contribution is 5.83. The molecule has 2 rings (SSSR count). The number of hydrogen-bond donors (Lipinski definition) is 2. The van der Waals surface area contributed by atoms with Crippen LogP contribution in [0.3, 0.4) is 0 Å². The van der Waals surface area contributed by atoms with Crippen LogP contribution in [0.1, 0.15) is 39.5 Å². The number of carboxylic acid groups (broad SMARTS) is 1. The molecule has 0 saturated carbocycles. The molecule has 0 spiro atoms. The summed E-state index contributed by atoms with van der Waals surface area (Å²) in [5.74, 6) is -2.55. The van der Waals surface area contributed by atoms with Crippen molar-refractivity contribution in [1.29, 1.82) is 0 Å². The lowest BCUT2D eigenvalue weighted by atomic mass is 9.80. The van der Waals surface area contributed by atoms with Crippen molar-refractivity contribution in [2.45, 2.75) is 69.5 Å². The topological polar surface area (TPSA) is 69.6 Å². The molecule has 2 aliphatic rings. The van der Waals surface area contributed by atoms with Gasteiger partial charge in [-0.2, -0.15) is 13.2 Å². The molecule has 0 aromatic heterocycles. The predicted octanol–water partition coefficient (Wildman–Crippen LogP) is 2.70. The van der Waals surface area contributed by atoms with E-state index in [4.69, 9.17) is 5.11 Å². The molecule has 0 aromatic rings. The van der Waals surface area contributed by atoms with Gasteiger partial charge in [-0.3, -0.25) is 4.79 Å². The van der Waals surface area contributed by atoms with Gasteiger partial charge in [0.2, 0.25) is 0 Å². The van der Waals surface area contributed by atoms with E-state index < -0.39 is 47.9 Å². The average molecular weight is 340 g/mol. The molecule has 2 fully saturated rings. The van der Waals surface area contributed by atoms with Gasteiger partial charge in [-0.05, 0) is 45.4 Å². The van der Waals surface area contributed by atoms with Gasteiger partial charge in [0, 0.05) is 11.6 Å². The standard InChI is InChI=1S/C14H20F4N2O3/c1-13(2,19-12(22)23)6-7-5-8-3-4-9(10(7)15)20(8)11(21)14(16,17)18/h7-10,19H,3-6H2,1-2H3,(H,22,23)/t7-,8-,9+,10-/m0/s1. The number of halogens is 4. The van der Waals surface area contributed by atoms with Crippen molar-refractivity contribution in [3.05, 3.63) is 0 Å². The van der Waals surface area contributed by atoms with Crippen molar-refractivity contribution in [2.75, 3.05) is 0 Å². The Labute approximate surface area is 131 Å². The number of alkyl halides is 4. The van der Waals surface area contributed by atoms with Crippen LogP contribution >= 0.6 is 0 Å². The SMILES string of the molecule is CC(C)(C[C@@H]1C[C@@H]2CC[C@H]([C@H]1F)N2C(=O)C(F)(F)F)NC(=O)O. The summed E-state index contributed by atoms with van der Waals surface area (Å²) in [6, 6.07) is -1.71. The molecule has 2 amide bonds. The zero-order valence-corrected chi connectivity index (χ0v) is 12.9. The molecule has 4 atom stereocenters. The van der Waals surface area contributed by atoms with Crippen LogP contribution in [-0.2, 0) is 4.79 Å². The molecule has 132 valence electrons. The van der Waals surface area contributed by atoms with Gasteiger partial charge in [0.1, 0.15) is 6.17 Å². The molecule has 0 aromatic carbocycles. The van der Waals surface area contributed by atoms with Crippen molar-refractivity contribution in [2.24, 2.45) is 5.92 Å². The third-order valence-corrected chi connectivity index (χ3v) is 4.63. The molecule has 0 unspecified atom stereocenters. The Morgan fingerprint density at radius 1 is 1.26 bits per heavy atom. The van der Waals surface area contributed by atoms with E-state index in [-0.39, 0.29) is 19.3 Å². The van der Waals surface area contributed by atoms with Crippen molar-refractivity contribution >= 4 is 12.0 Å². The van der Waals surface area contributed by atoms with Gasteiger partial charge in [-0.15, -0.1) is 0 Å². The lowest BCUT2D eigenvalue weighted by Crippen LogP contribution is -2.57. The maximum absolute atomic E-state index is 14.7. The second kappa shape index (κ2) is 5.83.